The van der Waals surface area contributed by atoms with Crippen molar-refractivity contribution < 1.29 is 4.42 Å². The van der Waals surface area contributed by atoms with Gasteiger partial charge in [0.15, 0.2) is 0 Å². The van der Waals surface area contributed by atoms with E-state index in [4.69, 9.17) is 4.42 Å². The van der Waals surface area contributed by atoms with Gasteiger partial charge in [0.05, 0.1) is 0 Å². The number of aryl methyl sites for hydroxylation is 1. The molecule has 2 heteroatoms. The van der Waals surface area contributed by atoms with Crippen LogP contribution in [0.15, 0.2) is 150 Å². The number of benzene rings is 8. The molecule has 1 heterocycles. The predicted octanol–water partition coefficient (Wildman–Crippen LogP) is 14.3. The van der Waals surface area contributed by atoms with Gasteiger partial charge in [-0.3, -0.25) is 0 Å². The SMILES string of the molecule is Cc1cccc(N(c2ccc3c(c2)C(C)(C)c2cc4oc5ccccc5c4cc2-3)c2ccc3cc4c(cc3c2)C(C)(C)c2cc3ccccc3cc2-4)c1. The molecule has 0 bridgehead atoms. The molecule has 0 radical (unpaired) electrons. The maximum atomic E-state index is 6.36. The Kier molecular flexibility index (Phi) is 6.03. The van der Waals surface area contributed by atoms with Gasteiger partial charge in [-0.1, -0.05) is 94.4 Å². The van der Waals surface area contributed by atoms with Crippen molar-refractivity contribution in [2.24, 2.45) is 0 Å². The normalized spacial score (nSPS) is 14.8. The van der Waals surface area contributed by atoms with Gasteiger partial charge in [0, 0.05) is 38.7 Å². The van der Waals surface area contributed by atoms with Gasteiger partial charge in [0.1, 0.15) is 11.2 Å². The average Bonchev–Trinajstić information content (AvgIpc) is 3.71. The molecule has 0 atom stereocenters. The predicted molar refractivity (Wildman–Crippen MR) is 223 cm³/mol. The Labute approximate surface area is 309 Å². The van der Waals surface area contributed by atoms with Gasteiger partial charge in [-0.2, -0.15) is 0 Å². The van der Waals surface area contributed by atoms with E-state index in [-0.39, 0.29) is 10.8 Å². The second-order valence-electron chi connectivity index (χ2n) is 16.3. The lowest BCUT2D eigenvalue weighted by atomic mass is 9.81. The highest BCUT2D eigenvalue weighted by Crippen LogP contribution is 2.54. The van der Waals surface area contributed by atoms with Gasteiger partial charge in [-0.05, 0) is 157 Å². The maximum absolute atomic E-state index is 6.36. The molecule has 0 saturated heterocycles. The lowest BCUT2D eigenvalue weighted by Gasteiger charge is -2.29. The van der Waals surface area contributed by atoms with Crippen molar-refractivity contribution in [2.45, 2.75) is 45.4 Å². The van der Waals surface area contributed by atoms with E-state index in [0.717, 1.165) is 28.2 Å². The highest BCUT2D eigenvalue weighted by molar-refractivity contribution is 6.08. The third kappa shape index (κ3) is 4.27. The molecule has 0 unspecified atom stereocenters. The number of furan rings is 1. The first-order valence-electron chi connectivity index (χ1n) is 18.7. The van der Waals surface area contributed by atoms with E-state index in [1.807, 2.05) is 6.07 Å². The first-order valence-corrected chi connectivity index (χ1v) is 18.7. The highest BCUT2D eigenvalue weighted by atomic mass is 16.3. The number of hydrogen-bond donors (Lipinski definition) is 0. The molecular formula is C51H39NO. The summed E-state index contributed by atoms with van der Waals surface area (Å²) in [5.41, 5.74) is 17.1. The van der Waals surface area contributed by atoms with E-state index in [9.17, 15) is 0 Å². The number of hydrogen-bond acceptors (Lipinski definition) is 2. The summed E-state index contributed by atoms with van der Waals surface area (Å²) in [4.78, 5) is 2.44. The van der Waals surface area contributed by atoms with Crippen LogP contribution in [0.25, 0.3) is 65.7 Å². The van der Waals surface area contributed by atoms with E-state index in [1.54, 1.807) is 0 Å². The van der Waals surface area contributed by atoms with Crippen molar-refractivity contribution in [3.8, 4) is 22.3 Å². The second-order valence-corrected chi connectivity index (χ2v) is 16.3. The number of anilines is 3. The summed E-state index contributed by atoms with van der Waals surface area (Å²) in [6, 6.07) is 54.4. The minimum absolute atomic E-state index is 0.0942. The Morgan fingerprint density at radius 2 is 0.981 bits per heavy atom. The first kappa shape index (κ1) is 30.5. The zero-order chi connectivity index (χ0) is 35.8. The maximum Gasteiger partial charge on any atom is 0.135 e. The van der Waals surface area contributed by atoms with Gasteiger partial charge in [0.25, 0.3) is 0 Å². The molecule has 0 spiro atoms. The molecule has 0 fully saturated rings. The quantitative estimate of drug-likeness (QED) is 0.185. The summed E-state index contributed by atoms with van der Waals surface area (Å²) < 4.78 is 6.36. The van der Waals surface area contributed by atoms with Gasteiger partial charge in [-0.25, -0.2) is 0 Å². The minimum atomic E-state index is -0.193. The summed E-state index contributed by atoms with van der Waals surface area (Å²) >= 11 is 0. The average molecular weight is 682 g/mol. The van der Waals surface area contributed by atoms with E-state index < -0.39 is 0 Å². The Balaban J connectivity index is 1.07. The van der Waals surface area contributed by atoms with Crippen molar-refractivity contribution in [1.82, 2.24) is 0 Å². The van der Waals surface area contributed by atoms with Gasteiger partial charge < -0.3 is 9.32 Å². The van der Waals surface area contributed by atoms with Crippen LogP contribution in [-0.2, 0) is 10.8 Å². The molecule has 2 nitrogen and oxygen atoms in total. The molecule has 9 aromatic rings. The van der Waals surface area contributed by atoms with Crippen LogP contribution in [0.2, 0.25) is 0 Å². The van der Waals surface area contributed by atoms with Gasteiger partial charge in [0.2, 0.25) is 0 Å². The summed E-state index contributed by atoms with van der Waals surface area (Å²) in [6.07, 6.45) is 0. The fourth-order valence-electron chi connectivity index (χ4n) is 9.58. The smallest absolute Gasteiger partial charge is 0.135 e. The second kappa shape index (κ2) is 10.5. The summed E-state index contributed by atoms with van der Waals surface area (Å²) in [5.74, 6) is 0. The van der Waals surface area contributed by atoms with Crippen molar-refractivity contribution >= 4 is 60.5 Å². The fraction of sp³-hybridized carbons (Fsp3) is 0.137. The van der Waals surface area contributed by atoms with E-state index in [0.29, 0.717) is 0 Å². The number of fused-ring (bicyclic) bond motifs is 11. The Bertz CT molecular complexity index is 3030. The van der Waals surface area contributed by atoms with Gasteiger partial charge in [-0.15, -0.1) is 0 Å². The molecule has 254 valence electrons. The molecule has 0 N–H and O–H groups in total. The van der Waals surface area contributed by atoms with Crippen molar-refractivity contribution in [3.63, 3.8) is 0 Å². The van der Waals surface area contributed by atoms with Crippen LogP contribution in [0.1, 0.15) is 55.5 Å². The van der Waals surface area contributed by atoms with Crippen LogP contribution >= 0.6 is 0 Å². The Morgan fingerprint density at radius 3 is 1.75 bits per heavy atom. The van der Waals surface area contributed by atoms with Crippen molar-refractivity contribution in [2.75, 3.05) is 4.90 Å². The molecule has 0 saturated carbocycles. The molecule has 0 aliphatic heterocycles. The van der Waals surface area contributed by atoms with Crippen molar-refractivity contribution in [3.05, 3.63) is 173 Å². The van der Waals surface area contributed by atoms with E-state index in [1.165, 1.54) is 82.4 Å². The molecule has 8 aromatic carbocycles. The van der Waals surface area contributed by atoms with Gasteiger partial charge >= 0.3 is 0 Å². The van der Waals surface area contributed by atoms with Crippen molar-refractivity contribution in [1.29, 1.82) is 0 Å². The molecule has 2 aliphatic carbocycles. The fourth-order valence-corrected chi connectivity index (χ4v) is 9.58. The topological polar surface area (TPSA) is 16.4 Å². The lowest BCUT2D eigenvalue weighted by Crippen LogP contribution is -2.16. The highest BCUT2D eigenvalue weighted by Gasteiger charge is 2.38. The zero-order valence-corrected chi connectivity index (χ0v) is 30.7. The number of para-hydroxylation sites is 1. The summed E-state index contributed by atoms with van der Waals surface area (Å²) in [5, 5.41) is 7.46. The molecule has 11 rings (SSSR count). The third-order valence-corrected chi connectivity index (χ3v) is 12.4. The molecule has 0 amide bonds. The van der Waals surface area contributed by atoms with Crippen LogP contribution < -0.4 is 4.90 Å². The molecular weight excluding hydrogens is 643 g/mol. The molecule has 1 aromatic heterocycles. The summed E-state index contributed by atoms with van der Waals surface area (Å²) in [6.45, 7) is 11.6. The summed E-state index contributed by atoms with van der Waals surface area (Å²) in [7, 11) is 0. The van der Waals surface area contributed by atoms with Crippen LogP contribution in [0.3, 0.4) is 0 Å². The standard InChI is InChI=1S/C51H39NO/c1-30-11-10-14-35(21-30)52(37-19-20-38-42-28-43-39-15-8-9-16-48(39)53-49(43)29-47(42)51(4,5)46(38)27-37)36-18-17-33-24-41-40-23-31-12-6-7-13-32(31)25-44(40)50(2,3)45(41)26-34(33)22-36/h6-29H,1-5H3. The number of rotatable bonds is 3. The Hall–Kier alpha value is -6.12. The van der Waals surface area contributed by atoms with E-state index >= 15 is 0 Å². The molecule has 2 aliphatic rings. The van der Waals surface area contributed by atoms with Crippen LogP contribution in [0, 0.1) is 6.92 Å². The Morgan fingerprint density at radius 1 is 0.396 bits per heavy atom. The van der Waals surface area contributed by atoms with Crippen LogP contribution in [0.5, 0.6) is 0 Å². The van der Waals surface area contributed by atoms with Crippen LogP contribution in [0.4, 0.5) is 17.1 Å². The minimum Gasteiger partial charge on any atom is -0.456 e. The third-order valence-electron chi connectivity index (χ3n) is 12.4. The largest absolute Gasteiger partial charge is 0.456 e. The number of nitrogens with zero attached hydrogens (tertiary/aromatic N) is 1. The lowest BCUT2D eigenvalue weighted by molar-refractivity contribution is 0.647. The monoisotopic (exact) mass is 681 g/mol. The van der Waals surface area contributed by atoms with Crippen LogP contribution in [-0.4, -0.2) is 0 Å². The van der Waals surface area contributed by atoms with E-state index in [2.05, 4.69) is 179 Å². The molecule has 53 heavy (non-hydrogen) atoms. The first-order chi connectivity index (χ1) is 25.6. The zero-order valence-electron chi connectivity index (χ0n) is 30.7.